The highest BCUT2D eigenvalue weighted by atomic mass is 32.1. The minimum atomic E-state index is -1.02. The molecule has 4 unspecified atom stereocenters. The van der Waals surface area contributed by atoms with Crippen molar-refractivity contribution in [2.45, 2.75) is 51.7 Å². The van der Waals surface area contributed by atoms with Gasteiger partial charge in [-0.1, -0.05) is 12.8 Å². The van der Waals surface area contributed by atoms with Gasteiger partial charge in [0, 0.05) is 24.7 Å². The topological polar surface area (TPSA) is 43.6 Å². The normalized spacial score (nSPS) is 31.3. The van der Waals surface area contributed by atoms with Crippen LogP contribution in [0.25, 0.3) is 0 Å². The van der Waals surface area contributed by atoms with Gasteiger partial charge in [0.2, 0.25) is 0 Å². The Kier molecular flexibility index (Phi) is 5.31. The Morgan fingerprint density at radius 2 is 2.30 bits per heavy atom. The van der Waals surface area contributed by atoms with Gasteiger partial charge in [-0.2, -0.15) is 4.99 Å². The Labute approximate surface area is 140 Å². The number of hydrogen-bond donors (Lipinski definition) is 0. The van der Waals surface area contributed by atoms with E-state index in [1.807, 2.05) is 17.7 Å². The first-order valence-corrected chi connectivity index (χ1v) is 9.28. The molecule has 0 N–H and O–H groups in total. The third kappa shape index (κ3) is 3.74. The molecule has 4 nitrogen and oxygen atoms in total. The standard InChI is InChI=1S/C17H25FN2O2S/c1-11-10-20(6-7-22-2)17(23-11)19-16(21)14-9-12-4-3-5-13(8-12)15(14)18/h10,12-15H,3-9H2,1-2H3. The molecule has 2 fully saturated rings. The average molecular weight is 340 g/mol. The first-order chi connectivity index (χ1) is 11.1. The zero-order chi connectivity index (χ0) is 16.4. The number of fused-ring (bicyclic) bond motifs is 2. The fourth-order valence-electron chi connectivity index (χ4n) is 4.01. The van der Waals surface area contributed by atoms with E-state index in [2.05, 4.69) is 4.99 Å². The van der Waals surface area contributed by atoms with E-state index in [4.69, 9.17) is 4.74 Å². The molecule has 0 spiro atoms. The maximum atomic E-state index is 14.7. The summed E-state index contributed by atoms with van der Waals surface area (Å²) in [6, 6.07) is 0. The summed E-state index contributed by atoms with van der Waals surface area (Å²) in [6.07, 6.45) is 5.75. The Hall–Kier alpha value is -1.01. The smallest absolute Gasteiger partial charge is 0.254 e. The van der Waals surface area contributed by atoms with Gasteiger partial charge in [0.05, 0.1) is 12.5 Å². The van der Waals surface area contributed by atoms with E-state index in [-0.39, 0.29) is 11.8 Å². The Bertz CT molecular complexity index is 624. The molecule has 0 aromatic carbocycles. The van der Waals surface area contributed by atoms with Crippen LogP contribution >= 0.6 is 11.3 Å². The van der Waals surface area contributed by atoms with E-state index in [1.54, 1.807) is 7.11 Å². The van der Waals surface area contributed by atoms with Crippen molar-refractivity contribution >= 4 is 17.2 Å². The fraction of sp³-hybridized carbons (Fsp3) is 0.765. The minimum Gasteiger partial charge on any atom is -0.383 e. The number of aromatic nitrogens is 1. The number of carbonyl (C=O) groups excluding carboxylic acids is 1. The van der Waals surface area contributed by atoms with Gasteiger partial charge in [0.25, 0.3) is 5.91 Å². The van der Waals surface area contributed by atoms with Crippen molar-refractivity contribution in [1.29, 1.82) is 0 Å². The van der Waals surface area contributed by atoms with Crippen molar-refractivity contribution in [2.24, 2.45) is 22.7 Å². The van der Waals surface area contributed by atoms with Crippen molar-refractivity contribution in [3.8, 4) is 0 Å². The predicted octanol–water partition coefficient (Wildman–Crippen LogP) is 3.10. The van der Waals surface area contributed by atoms with Crippen molar-refractivity contribution in [1.82, 2.24) is 4.57 Å². The van der Waals surface area contributed by atoms with E-state index in [0.717, 1.165) is 30.6 Å². The lowest BCUT2D eigenvalue weighted by molar-refractivity contribution is -0.128. The van der Waals surface area contributed by atoms with Crippen LogP contribution in [0.4, 0.5) is 4.39 Å². The maximum Gasteiger partial charge on any atom is 0.254 e. The van der Waals surface area contributed by atoms with Gasteiger partial charge in [-0.15, -0.1) is 11.3 Å². The highest BCUT2D eigenvalue weighted by molar-refractivity contribution is 7.09. The molecule has 23 heavy (non-hydrogen) atoms. The Balaban J connectivity index is 1.80. The first kappa shape index (κ1) is 16.8. The lowest BCUT2D eigenvalue weighted by Crippen LogP contribution is -2.41. The van der Waals surface area contributed by atoms with E-state index < -0.39 is 12.1 Å². The summed E-state index contributed by atoms with van der Waals surface area (Å²) in [5.41, 5.74) is 0. The van der Waals surface area contributed by atoms with E-state index in [0.29, 0.717) is 30.3 Å². The van der Waals surface area contributed by atoms with E-state index in [1.165, 1.54) is 11.3 Å². The van der Waals surface area contributed by atoms with Crippen LogP contribution in [0.2, 0.25) is 0 Å². The molecule has 1 aromatic rings. The van der Waals surface area contributed by atoms with Crippen LogP contribution in [0.5, 0.6) is 0 Å². The molecule has 4 atom stereocenters. The van der Waals surface area contributed by atoms with Crippen LogP contribution < -0.4 is 4.80 Å². The van der Waals surface area contributed by atoms with Crippen molar-refractivity contribution in [3.05, 3.63) is 15.9 Å². The van der Waals surface area contributed by atoms with Gasteiger partial charge in [0.1, 0.15) is 6.17 Å². The van der Waals surface area contributed by atoms with Crippen LogP contribution in [0, 0.1) is 24.7 Å². The van der Waals surface area contributed by atoms with Gasteiger partial charge >= 0.3 is 0 Å². The fourth-order valence-corrected chi connectivity index (χ4v) is 4.87. The molecule has 0 saturated heterocycles. The van der Waals surface area contributed by atoms with Gasteiger partial charge in [-0.05, 0) is 38.0 Å². The predicted molar refractivity (Wildman–Crippen MR) is 87.9 cm³/mol. The summed E-state index contributed by atoms with van der Waals surface area (Å²) < 4.78 is 21.7. The molecule has 2 aliphatic rings. The molecule has 1 amide bonds. The largest absolute Gasteiger partial charge is 0.383 e. The number of ether oxygens (including phenoxy) is 1. The van der Waals surface area contributed by atoms with Crippen LogP contribution in [-0.4, -0.2) is 30.4 Å². The number of alkyl halides is 1. The van der Waals surface area contributed by atoms with Gasteiger partial charge in [-0.25, -0.2) is 4.39 Å². The molecule has 6 heteroatoms. The summed E-state index contributed by atoms with van der Waals surface area (Å²) in [4.78, 5) is 18.6. The van der Waals surface area contributed by atoms with E-state index in [9.17, 15) is 9.18 Å². The number of nitrogens with zero attached hydrogens (tertiary/aromatic N) is 2. The van der Waals surface area contributed by atoms with Crippen molar-refractivity contribution in [3.63, 3.8) is 0 Å². The average Bonchev–Trinajstić information content (AvgIpc) is 2.88. The second-order valence-corrected chi connectivity index (χ2v) is 8.05. The number of aryl methyl sites for hydroxylation is 1. The van der Waals surface area contributed by atoms with Gasteiger partial charge < -0.3 is 9.30 Å². The van der Waals surface area contributed by atoms with Crippen LogP contribution in [0.15, 0.2) is 11.2 Å². The molecule has 2 aliphatic carbocycles. The second kappa shape index (κ2) is 7.26. The molecule has 2 bridgehead atoms. The summed E-state index contributed by atoms with van der Waals surface area (Å²) in [6.45, 7) is 3.21. The van der Waals surface area contributed by atoms with Crippen molar-refractivity contribution < 1.29 is 13.9 Å². The Morgan fingerprint density at radius 3 is 3.09 bits per heavy atom. The SMILES string of the molecule is COCCn1cc(C)sc1=NC(=O)C1CC2CCCC(C2)C1F. The molecule has 0 radical (unpaired) electrons. The lowest BCUT2D eigenvalue weighted by Gasteiger charge is -2.40. The summed E-state index contributed by atoms with van der Waals surface area (Å²) >= 11 is 1.48. The highest BCUT2D eigenvalue weighted by Crippen LogP contribution is 2.44. The quantitative estimate of drug-likeness (QED) is 0.845. The number of hydrogen-bond acceptors (Lipinski definition) is 3. The molecular formula is C17H25FN2O2S. The summed E-state index contributed by atoms with van der Waals surface area (Å²) in [7, 11) is 1.65. The molecule has 1 heterocycles. The molecule has 1 aromatic heterocycles. The molecule has 128 valence electrons. The molecule has 2 saturated carbocycles. The summed E-state index contributed by atoms with van der Waals surface area (Å²) in [5, 5.41) is 0. The maximum absolute atomic E-state index is 14.7. The number of halogens is 1. The summed E-state index contributed by atoms with van der Waals surface area (Å²) in [5.74, 6) is -0.243. The van der Waals surface area contributed by atoms with Crippen LogP contribution in [0.1, 0.15) is 37.0 Å². The second-order valence-electron chi connectivity index (χ2n) is 6.84. The van der Waals surface area contributed by atoms with Crippen LogP contribution in [0.3, 0.4) is 0 Å². The third-order valence-corrected chi connectivity index (χ3v) is 6.08. The zero-order valence-electron chi connectivity index (χ0n) is 13.8. The number of rotatable bonds is 4. The monoisotopic (exact) mass is 340 g/mol. The zero-order valence-corrected chi connectivity index (χ0v) is 14.7. The number of methoxy groups -OCH3 is 1. The van der Waals surface area contributed by atoms with Gasteiger partial charge in [0.15, 0.2) is 4.80 Å². The number of carbonyl (C=O) groups is 1. The first-order valence-electron chi connectivity index (χ1n) is 8.47. The molecular weight excluding hydrogens is 315 g/mol. The molecule has 0 aliphatic heterocycles. The molecule has 3 rings (SSSR count). The van der Waals surface area contributed by atoms with E-state index >= 15 is 0 Å². The van der Waals surface area contributed by atoms with Crippen LogP contribution in [-0.2, 0) is 16.1 Å². The number of thiazole rings is 1. The van der Waals surface area contributed by atoms with Gasteiger partial charge in [-0.3, -0.25) is 4.79 Å². The lowest BCUT2D eigenvalue weighted by atomic mass is 9.67. The Morgan fingerprint density at radius 1 is 1.48 bits per heavy atom. The highest BCUT2D eigenvalue weighted by Gasteiger charge is 2.43. The van der Waals surface area contributed by atoms with Crippen molar-refractivity contribution in [2.75, 3.05) is 13.7 Å². The third-order valence-electron chi connectivity index (χ3n) is 5.14. The number of amides is 1. The minimum absolute atomic E-state index is 0.0670.